The normalized spacial score (nSPS) is 20.8. The fraction of sp³-hybridized carbons (Fsp3) is 0.364. The first-order valence-electron chi connectivity index (χ1n) is 14.5. The average Bonchev–Trinajstić information content (AvgIpc) is 3.09. The van der Waals surface area contributed by atoms with Crippen LogP contribution in [0.25, 0.3) is 0 Å². The smallest absolute Gasteiger partial charge is 0.338 e. The Bertz CT molecular complexity index is 1490. The minimum absolute atomic E-state index is 0.0446. The van der Waals surface area contributed by atoms with Gasteiger partial charge in [0.2, 0.25) is 12.2 Å². The van der Waals surface area contributed by atoms with Crippen molar-refractivity contribution in [3.63, 3.8) is 0 Å². The molecule has 1 aliphatic heterocycles. The summed E-state index contributed by atoms with van der Waals surface area (Å²) < 4.78 is 43.9. The summed E-state index contributed by atoms with van der Waals surface area (Å²) in [6.07, 6.45) is -6.66. The van der Waals surface area contributed by atoms with Crippen molar-refractivity contribution in [1.29, 1.82) is 5.41 Å². The third-order valence-corrected chi connectivity index (χ3v) is 7.76. The van der Waals surface area contributed by atoms with Gasteiger partial charge in [0, 0.05) is 0 Å². The summed E-state index contributed by atoms with van der Waals surface area (Å²) in [5.41, 5.74) is 1.71. The van der Waals surface area contributed by atoms with Crippen molar-refractivity contribution in [1.82, 2.24) is 0 Å². The highest BCUT2D eigenvalue weighted by molar-refractivity contribution is 6.76. The van der Waals surface area contributed by atoms with Crippen molar-refractivity contribution in [3.8, 4) is 11.5 Å². The Labute approximate surface area is 297 Å². The van der Waals surface area contributed by atoms with Crippen LogP contribution in [0.15, 0.2) is 78.9 Å². The number of halogens is 4. The Morgan fingerprint density at radius 2 is 1.35 bits per heavy atom. The number of carbonyl (C=O) groups excluding carboxylic acids is 2. The largest absolute Gasteiger partial charge is 0.497 e. The first kappa shape index (κ1) is 37.5. The molecule has 3 aromatic carbocycles. The van der Waals surface area contributed by atoms with Crippen molar-refractivity contribution in [2.24, 2.45) is 0 Å². The molecule has 1 N–H and O–H groups in total. The molecular formula is C33H33Cl4NO10. The van der Waals surface area contributed by atoms with Gasteiger partial charge < -0.3 is 37.9 Å². The summed E-state index contributed by atoms with van der Waals surface area (Å²) in [6.45, 7) is -0.0781. The van der Waals surface area contributed by atoms with Crippen LogP contribution in [0.1, 0.15) is 21.5 Å². The molecule has 5 atom stereocenters. The second kappa shape index (κ2) is 17.9. The molecule has 1 saturated heterocycles. The second-order valence-corrected chi connectivity index (χ2v) is 12.8. The Morgan fingerprint density at radius 3 is 1.90 bits per heavy atom. The van der Waals surface area contributed by atoms with E-state index in [1.807, 2.05) is 12.1 Å². The second-order valence-electron chi connectivity index (χ2n) is 10.3. The molecule has 11 nitrogen and oxygen atoms in total. The minimum atomic E-state index is -2.29. The number of esters is 2. The van der Waals surface area contributed by atoms with E-state index in [4.69, 9.17) is 89.7 Å². The van der Waals surface area contributed by atoms with Gasteiger partial charge in [-0.1, -0.05) is 77.3 Å². The number of carbonyl (C=O) groups is 2. The van der Waals surface area contributed by atoms with Gasteiger partial charge in [-0.15, -0.1) is 11.6 Å². The number of hydrogen-bond donors (Lipinski definition) is 1. The number of alkyl halides is 4. The van der Waals surface area contributed by atoms with Gasteiger partial charge in [0.15, 0.2) is 12.2 Å². The van der Waals surface area contributed by atoms with Crippen LogP contribution < -0.4 is 9.47 Å². The van der Waals surface area contributed by atoms with Crippen LogP contribution in [0.5, 0.6) is 11.5 Å². The van der Waals surface area contributed by atoms with Crippen molar-refractivity contribution in [2.45, 2.75) is 47.7 Å². The van der Waals surface area contributed by atoms with Crippen LogP contribution in [0, 0.1) is 5.41 Å². The van der Waals surface area contributed by atoms with E-state index in [-0.39, 0.29) is 25.4 Å². The van der Waals surface area contributed by atoms with Gasteiger partial charge in [-0.3, -0.25) is 10.2 Å². The molecule has 0 bridgehead atoms. The van der Waals surface area contributed by atoms with Crippen molar-refractivity contribution < 1.29 is 47.5 Å². The van der Waals surface area contributed by atoms with Gasteiger partial charge in [-0.2, -0.15) is 0 Å². The summed E-state index contributed by atoms with van der Waals surface area (Å²) in [7, 11) is 3.10. The number of benzene rings is 3. The third kappa shape index (κ3) is 10.6. The monoisotopic (exact) mass is 743 g/mol. The molecule has 1 aliphatic rings. The van der Waals surface area contributed by atoms with Crippen LogP contribution in [-0.2, 0) is 46.4 Å². The fourth-order valence-corrected chi connectivity index (χ4v) is 4.82. The van der Waals surface area contributed by atoms with Gasteiger partial charge in [-0.25, -0.2) is 4.79 Å². The van der Waals surface area contributed by atoms with Gasteiger partial charge in [0.05, 0.1) is 39.6 Å². The molecule has 0 saturated carbocycles. The summed E-state index contributed by atoms with van der Waals surface area (Å²) in [5, 5.41) is 8.26. The molecular weight excluding hydrogens is 712 g/mol. The maximum absolute atomic E-state index is 13.4. The number of rotatable bonds is 14. The van der Waals surface area contributed by atoms with Crippen molar-refractivity contribution in [2.75, 3.05) is 26.7 Å². The fourth-order valence-electron chi connectivity index (χ4n) is 4.63. The van der Waals surface area contributed by atoms with Crippen LogP contribution in [0.4, 0.5) is 0 Å². The van der Waals surface area contributed by atoms with E-state index >= 15 is 0 Å². The number of nitrogens with one attached hydrogen (secondary N) is 1. The molecule has 48 heavy (non-hydrogen) atoms. The van der Waals surface area contributed by atoms with E-state index in [1.165, 1.54) is 0 Å². The Balaban J connectivity index is 1.69. The van der Waals surface area contributed by atoms with Gasteiger partial charge >= 0.3 is 11.9 Å². The topological polar surface area (TPSA) is 132 Å². The van der Waals surface area contributed by atoms with Gasteiger partial charge in [0.1, 0.15) is 29.6 Å². The van der Waals surface area contributed by atoms with Crippen LogP contribution in [0.2, 0.25) is 0 Å². The molecule has 4 rings (SSSR count). The lowest BCUT2D eigenvalue weighted by atomic mass is 9.97. The molecule has 0 amide bonds. The zero-order valence-corrected chi connectivity index (χ0v) is 28.8. The quantitative estimate of drug-likeness (QED) is 0.0872. The van der Waals surface area contributed by atoms with Crippen molar-refractivity contribution >= 4 is 64.2 Å². The highest BCUT2D eigenvalue weighted by Gasteiger charge is 2.53. The number of ether oxygens (including phenoxy) is 8. The highest BCUT2D eigenvalue weighted by Crippen LogP contribution is 2.34. The molecule has 0 aliphatic carbocycles. The predicted molar refractivity (Wildman–Crippen MR) is 178 cm³/mol. The summed E-state index contributed by atoms with van der Waals surface area (Å²) >= 11 is 23.7. The van der Waals surface area contributed by atoms with E-state index < -0.39 is 58.2 Å². The SMILES string of the molecule is COc1ccc(COC[C@H]2O[C@H](OC(=N)C(Cl)(Cl)Cl)[C@H](OC(=O)c3ccccc3)[C@@H](OCc3ccc(OC)cc3)[C@@H]2OC(=O)CCl)cc1. The number of hydrogen-bond acceptors (Lipinski definition) is 11. The molecule has 0 radical (unpaired) electrons. The van der Waals surface area contributed by atoms with Crippen molar-refractivity contribution in [3.05, 3.63) is 95.6 Å². The average molecular weight is 745 g/mol. The molecule has 0 unspecified atom stereocenters. The molecule has 1 fully saturated rings. The minimum Gasteiger partial charge on any atom is -0.497 e. The van der Waals surface area contributed by atoms with Gasteiger partial charge in [-0.05, 0) is 47.5 Å². The van der Waals surface area contributed by atoms with E-state index in [9.17, 15) is 9.59 Å². The Hall–Kier alpha value is -3.29. The zero-order chi connectivity index (χ0) is 34.7. The first-order valence-corrected chi connectivity index (χ1v) is 16.1. The standard InChI is InChI=1S/C33H33Cl4NO10/c1-41-23-12-8-20(9-13-23)17-43-19-25-27(46-26(39)16-34)28(44-18-21-10-14-24(42-2)15-11-21)29(31(45-25)48-32(38)33(35,36)37)47-30(40)22-6-4-3-5-7-22/h3-15,25,27-29,31,38H,16-19H2,1-2H3/t25-,27-,28+,29-,31-/m1/s1. The lowest BCUT2D eigenvalue weighted by Gasteiger charge is -2.45. The molecule has 258 valence electrons. The Morgan fingerprint density at radius 1 is 0.771 bits per heavy atom. The van der Waals surface area contributed by atoms with E-state index in [0.717, 1.165) is 5.56 Å². The summed E-state index contributed by atoms with van der Waals surface area (Å²) in [6, 6.07) is 22.3. The lowest BCUT2D eigenvalue weighted by molar-refractivity contribution is -0.295. The molecule has 0 spiro atoms. The molecule has 3 aromatic rings. The van der Waals surface area contributed by atoms with Gasteiger partial charge in [0.25, 0.3) is 3.79 Å². The zero-order valence-electron chi connectivity index (χ0n) is 25.8. The number of methoxy groups -OCH3 is 2. The molecule has 0 aromatic heterocycles. The lowest BCUT2D eigenvalue weighted by Crippen LogP contribution is -2.63. The third-order valence-electron chi connectivity index (χ3n) is 7.02. The summed E-state index contributed by atoms with van der Waals surface area (Å²) in [4.78, 5) is 26.0. The van der Waals surface area contributed by atoms with E-state index in [1.54, 1.807) is 80.9 Å². The van der Waals surface area contributed by atoms with E-state index in [2.05, 4.69) is 0 Å². The van der Waals surface area contributed by atoms with E-state index in [0.29, 0.717) is 17.1 Å². The molecule has 15 heteroatoms. The predicted octanol–water partition coefficient (Wildman–Crippen LogP) is 6.27. The first-order chi connectivity index (χ1) is 23.0. The highest BCUT2D eigenvalue weighted by atomic mass is 35.6. The molecule has 1 heterocycles. The maximum atomic E-state index is 13.4. The van der Waals surface area contributed by atoms with Crippen LogP contribution in [-0.4, -0.2) is 79.0 Å². The van der Waals surface area contributed by atoms with Crippen LogP contribution >= 0.6 is 46.4 Å². The Kier molecular flexibility index (Phi) is 14.0. The maximum Gasteiger partial charge on any atom is 0.338 e. The summed E-state index contributed by atoms with van der Waals surface area (Å²) in [5.74, 6) is -1.60. The van der Waals surface area contributed by atoms with Crippen LogP contribution in [0.3, 0.4) is 0 Å².